The van der Waals surface area contributed by atoms with Gasteiger partial charge in [-0.2, -0.15) is 0 Å². The second kappa shape index (κ2) is 6.54. The Morgan fingerprint density at radius 1 is 1.23 bits per heavy atom. The molecule has 2 atom stereocenters. The first-order valence-corrected chi connectivity index (χ1v) is 10.4. The number of nitrogens with zero attached hydrogens (tertiary/aromatic N) is 1. The minimum atomic E-state index is -3.18. The third kappa shape index (κ3) is 3.27. The lowest BCUT2D eigenvalue weighted by atomic mass is 9.93. The predicted molar refractivity (Wildman–Crippen MR) is 88.5 cm³/mol. The third-order valence-corrected chi connectivity index (χ3v) is 7.77. The molecule has 1 amide bonds. The topological polar surface area (TPSA) is 54.5 Å². The maximum Gasteiger partial charge on any atom is 0.226 e. The average molecular weight is 339 g/mol. The molecule has 6 heteroatoms. The van der Waals surface area contributed by atoms with Gasteiger partial charge in [0.1, 0.15) is 0 Å². The first-order valence-electron chi connectivity index (χ1n) is 7.76. The molecule has 1 aliphatic carbocycles. The molecular formula is C16H21NO3S2. The lowest BCUT2D eigenvalue weighted by Gasteiger charge is -2.26. The van der Waals surface area contributed by atoms with Gasteiger partial charge in [-0.05, 0) is 37.1 Å². The minimum absolute atomic E-state index is 0.0333. The molecule has 1 aliphatic heterocycles. The molecular weight excluding hydrogens is 318 g/mol. The zero-order chi connectivity index (χ0) is 15.6. The van der Waals surface area contributed by atoms with Gasteiger partial charge in [0.2, 0.25) is 5.91 Å². The Morgan fingerprint density at radius 3 is 2.77 bits per heavy atom. The van der Waals surface area contributed by atoms with Gasteiger partial charge < -0.3 is 4.90 Å². The maximum absolute atomic E-state index is 12.6. The summed E-state index contributed by atoms with van der Waals surface area (Å²) >= 11 is 1.49. The van der Waals surface area contributed by atoms with Crippen LogP contribution in [0.2, 0.25) is 0 Å². The number of amides is 1. The molecule has 1 aromatic heterocycles. The van der Waals surface area contributed by atoms with E-state index in [4.69, 9.17) is 0 Å². The van der Waals surface area contributed by atoms with Gasteiger partial charge in [-0.15, -0.1) is 11.3 Å². The van der Waals surface area contributed by atoms with Crippen LogP contribution in [0.1, 0.15) is 35.8 Å². The first kappa shape index (κ1) is 15.7. The number of carbonyl (C=O) groups excluding carboxylic acids is 1. The van der Waals surface area contributed by atoms with E-state index in [2.05, 4.69) is 12.2 Å². The number of rotatable bonds is 2. The van der Waals surface area contributed by atoms with E-state index in [1.165, 1.54) is 11.3 Å². The van der Waals surface area contributed by atoms with Crippen LogP contribution in [0.3, 0.4) is 0 Å². The van der Waals surface area contributed by atoms with Crippen LogP contribution in [0.25, 0.3) is 0 Å². The van der Waals surface area contributed by atoms with Crippen molar-refractivity contribution in [3.05, 3.63) is 34.5 Å². The molecule has 1 aromatic rings. The molecule has 2 aliphatic rings. The van der Waals surface area contributed by atoms with Crippen molar-refractivity contribution in [1.29, 1.82) is 0 Å². The van der Waals surface area contributed by atoms with Gasteiger partial charge in [0.15, 0.2) is 9.84 Å². The summed E-state index contributed by atoms with van der Waals surface area (Å²) in [5.74, 6) is 0.238. The van der Waals surface area contributed by atoms with E-state index in [1.807, 2.05) is 17.5 Å². The number of carbonyl (C=O) groups is 1. The van der Waals surface area contributed by atoms with E-state index in [0.29, 0.717) is 19.5 Å². The van der Waals surface area contributed by atoms with Crippen molar-refractivity contribution < 1.29 is 13.2 Å². The van der Waals surface area contributed by atoms with E-state index in [-0.39, 0.29) is 17.6 Å². The lowest BCUT2D eigenvalue weighted by Crippen LogP contribution is -2.38. The Labute approximate surface area is 135 Å². The highest BCUT2D eigenvalue weighted by atomic mass is 32.2. The van der Waals surface area contributed by atoms with Crippen molar-refractivity contribution in [3.63, 3.8) is 0 Å². The van der Waals surface area contributed by atoms with Crippen molar-refractivity contribution in [2.24, 2.45) is 5.92 Å². The Bertz CT molecular complexity index is 649. The highest BCUT2D eigenvalue weighted by molar-refractivity contribution is 7.91. The Balaban J connectivity index is 1.73. The molecule has 4 nitrogen and oxygen atoms in total. The molecule has 0 saturated carbocycles. The largest absolute Gasteiger partial charge is 0.341 e. The zero-order valence-corrected chi connectivity index (χ0v) is 14.1. The van der Waals surface area contributed by atoms with Crippen LogP contribution in [-0.4, -0.2) is 38.1 Å². The quantitative estimate of drug-likeness (QED) is 0.779. The Kier molecular flexibility index (Phi) is 4.68. The monoisotopic (exact) mass is 339 g/mol. The smallest absolute Gasteiger partial charge is 0.226 e. The van der Waals surface area contributed by atoms with Crippen LogP contribution < -0.4 is 0 Å². The highest BCUT2D eigenvalue weighted by Gasteiger charge is 2.34. The molecule has 120 valence electrons. The van der Waals surface area contributed by atoms with Gasteiger partial charge in [-0.25, -0.2) is 8.42 Å². The highest BCUT2D eigenvalue weighted by Crippen LogP contribution is 2.33. The Hall–Kier alpha value is -1.14. The van der Waals surface area contributed by atoms with Crippen molar-refractivity contribution in [2.45, 2.75) is 30.9 Å². The molecule has 1 fully saturated rings. The first-order chi connectivity index (χ1) is 10.6. The second-order valence-corrected chi connectivity index (χ2v) is 9.25. The van der Waals surface area contributed by atoms with E-state index in [9.17, 15) is 13.2 Å². The summed E-state index contributed by atoms with van der Waals surface area (Å²) < 4.78 is 25.0. The molecule has 3 rings (SSSR count). The average Bonchev–Trinajstić information content (AvgIpc) is 2.99. The number of sulfone groups is 1. The van der Waals surface area contributed by atoms with Crippen molar-refractivity contribution >= 4 is 27.1 Å². The fourth-order valence-corrected chi connectivity index (χ4v) is 6.24. The minimum Gasteiger partial charge on any atom is -0.341 e. The van der Waals surface area contributed by atoms with E-state index < -0.39 is 15.1 Å². The SMILES string of the molecule is O=C([C@@H]1CC=CCC1)N1CC[C@@H](c2cccs2)S(=O)(=O)CC1. The molecule has 0 bridgehead atoms. The molecule has 0 N–H and O–H groups in total. The van der Waals surface area contributed by atoms with Crippen LogP contribution in [-0.2, 0) is 14.6 Å². The summed E-state index contributed by atoms with van der Waals surface area (Å²) in [5.41, 5.74) is 0. The summed E-state index contributed by atoms with van der Waals surface area (Å²) in [6, 6.07) is 3.77. The second-order valence-electron chi connectivity index (χ2n) is 5.97. The van der Waals surface area contributed by atoms with Gasteiger partial charge in [0.25, 0.3) is 0 Å². The molecule has 2 heterocycles. The zero-order valence-electron chi connectivity index (χ0n) is 12.5. The molecule has 0 unspecified atom stereocenters. The van der Waals surface area contributed by atoms with Crippen molar-refractivity contribution in [3.8, 4) is 0 Å². The number of allylic oxidation sites excluding steroid dienone is 2. The van der Waals surface area contributed by atoms with Crippen LogP contribution in [0.15, 0.2) is 29.7 Å². The van der Waals surface area contributed by atoms with E-state index in [1.54, 1.807) is 4.90 Å². The van der Waals surface area contributed by atoms with Crippen molar-refractivity contribution in [1.82, 2.24) is 4.90 Å². The van der Waals surface area contributed by atoms with Gasteiger partial charge in [-0.3, -0.25) is 4.79 Å². The summed E-state index contributed by atoms with van der Waals surface area (Å²) in [6.45, 7) is 0.879. The summed E-state index contributed by atoms with van der Waals surface area (Å²) in [5, 5.41) is 1.46. The summed E-state index contributed by atoms with van der Waals surface area (Å²) in [7, 11) is -3.18. The van der Waals surface area contributed by atoms with E-state index in [0.717, 1.165) is 24.1 Å². The number of thiophene rings is 1. The van der Waals surface area contributed by atoms with E-state index >= 15 is 0 Å². The van der Waals surface area contributed by atoms with Crippen molar-refractivity contribution in [2.75, 3.05) is 18.8 Å². The molecule has 0 spiro atoms. The normalized spacial score (nSPS) is 28.3. The van der Waals surface area contributed by atoms with Gasteiger partial charge in [0, 0.05) is 23.9 Å². The predicted octanol–water partition coefficient (Wildman–Crippen LogP) is 2.79. The van der Waals surface area contributed by atoms with Crippen LogP contribution >= 0.6 is 11.3 Å². The van der Waals surface area contributed by atoms with Gasteiger partial charge in [0.05, 0.1) is 11.0 Å². The summed E-state index contributed by atoms with van der Waals surface area (Å²) in [4.78, 5) is 15.3. The number of hydrogen-bond donors (Lipinski definition) is 0. The fraction of sp³-hybridized carbons (Fsp3) is 0.562. The fourth-order valence-electron chi connectivity index (χ4n) is 3.23. The third-order valence-electron chi connectivity index (χ3n) is 4.53. The van der Waals surface area contributed by atoms with Crippen LogP contribution in [0, 0.1) is 5.92 Å². The molecule has 1 saturated heterocycles. The molecule has 0 radical (unpaired) electrons. The number of hydrogen-bond acceptors (Lipinski definition) is 4. The summed E-state index contributed by atoms with van der Waals surface area (Å²) in [6.07, 6.45) is 7.31. The molecule has 22 heavy (non-hydrogen) atoms. The standard InChI is InChI=1S/C16H21NO3S2/c18-16(13-5-2-1-3-6-13)17-9-8-15(14-7-4-11-21-14)22(19,20)12-10-17/h1-2,4,7,11,13,15H,3,5-6,8-10,12H2/t13-,15+/m1/s1. The maximum atomic E-state index is 12.6. The molecule has 0 aromatic carbocycles. The van der Waals surface area contributed by atoms with Crippen LogP contribution in [0.4, 0.5) is 0 Å². The Morgan fingerprint density at radius 2 is 2.09 bits per heavy atom. The van der Waals surface area contributed by atoms with Gasteiger partial charge >= 0.3 is 0 Å². The van der Waals surface area contributed by atoms with Gasteiger partial charge in [-0.1, -0.05) is 18.2 Å². The van der Waals surface area contributed by atoms with Crippen LogP contribution in [0.5, 0.6) is 0 Å². The lowest BCUT2D eigenvalue weighted by molar-refractivity contribution is -0.135.